The van der Waals surface area contributed by atoms with E-state index in [2.05, 4.69) is 16.8 Å². The summed E-state index contributed by atoms with van der Waals surface area (Å²) >= 11 is 12.4. The number of hydrogen-bond acceptors (Lipinski definition) is 2. The molecule has 1 aromatic rings. The summed E-state index contributed by atoms with van der Waals surface area (Å²) in [5.41, 5.74) is 0.987. The Labute approximate surface area is 107 Å². The smallest absolute Gasteiger partial charge is 0.0745 e. The van der Waals surface area contributed by atoms with Crippen LogP contribution in [0.1, 0.15) is 6.42 Å². The lowest BCUT2D eigenvalue weighted by Gasteiger charge is -2.24. The largest absolute Gasteiger partial charge is 0.368 e. The lowest BCUT2D eigenvalue weighted by Crippen LogP contribution is -2.29. The van der Waals surface area contributed by atoms with E-state index >= 15 is 0 Å². The van der Waals surface area contributed by atoms with Crippen LogP contribution in [0.5, 0.6) is 0 Å². The molecule has 0 atom stereocenters. The molecule has 88 valence electrons. The Bertz CT molecular complexity index is 348. The van der Waals surface area contributed by atoms with Crippen molar-refractivity contribution >= 4 is 28.9 Å². The van der Waals surface area contributed by atoms with Gasteiger partial charge in [-0.2, -0.15) is 0 Å². The molecule has 1 fully saturated rings. The molecule has 0 aromatic heterocycles. The molecule has 1 heterocycles. The van der Waals surface area contributed by atoms with E-state index in [1.807, 2.05) is 18.2 Å². The van der Waals surface area contributed by atoms with Gasteiger partial charge in [-0.3, -0.25) is 0 Å². The van der Waals surface area contributed by atoms with Crippen molar-refractivity contribution in [2.45, 2.75) is 6.42 Å². The van der Waals surface area contributed by atoms with Crippen LogP contribution in [-0.2, 0) is 0 Å². The van der Waals surface area contributed by atoms with E-state index in [1.54, 1.807) is 0 Å². The number of hydrogen-bond donors (Lipinski definition) is 0. The second-order valence-corrected chi connectivity index (χ2v) is 5.03. The molecule has 0 amide bonds. The molecule has 0 spiro atoms. The van der Waals surface area contributed by atoms with E-state index in [1.165, 1.54) is 0 Å². The van der Waals surface area contributed by atoms with Crippen molar-refractivity contribution in [2.75, 3.05) is 38.1 Å². The van der Waals surface area contributed by atoms with Gasteiger partial charge in [0.15, 0.2) is 0 Å². The minimum Gasteiger partial charge on any atom is -0.368 e. The van der Waals surface area contributed by atoms with Gasteiger partial charge in [0, 0.05) is 19.6 Å². The van der Waals surface area contributed by atoms with Crippen molar-refractivity contribution in [1.82, 2.24) is 4.90 Å². The van der Waals surface area contributed by atoms with Gasteiger partial charge in [-0.25, -0.2) is 0 Å². The second-order valence-electron chi connectivity index (χ2n) is 4.21. The highest BCUT2D eigenvalue weighted by Gasteiger charge is 2.17. The molecule has 1 saturated heterocycles. The number of nitrogens with zero attached hydrogens (tertiary/aromatic N) is 2. The summed E-state index contributed by atoms with van der Waals surface area (Å²) in [4.78, 5) is 4.62. The van der Waals surface area contributed by atoms with Gasteiger partial charge < -0.3 is 9.80 Å². The summed E-state index contributed by atoms with van der Waals surface area (Å²) in [5, 5.41) is 1.49. The molecule has 1 aromatic carbocycles. The Hall–Kier alpha value is -0.440. The quantitative estimate of drug-likeness (QED) is 0.764. The van der Waals surface area contributed by atoms with Gasteiger partial charge in [0.05, 0.1) is 15.7 Å². The molecular weight excluding hydrogens is 243 g/mol. The highest BCUT2D eigenvalue weighted by molar-refractivity contribution is 6.39. The molecule has 0 N–H and O–H groups in total. The Morgan fingerprint density at radius 1 is 1.00 bits per heavy atom. The van der Waals surface area contributed by atoms with E-state index in [4.69, 9.17) is 23.2 Å². The minimum absolute atomic E-state index is 0.747. The van der Waals surface area contributed by atoms with E-state index in [0.717, 1.165) is 48.3 Å². The predicted molar refractivity (Wildman–Crippen MR) is 70.8 cm³/mol. The molecule has 4 heteroatoms. The average Bonchev–Trinajstić information content (AvgIpc) is 2.44. The number of halogens is 2. The molecule has 0 radical (unpaired) electrons. The first-order valence-corrected chi connectivity index (χ1v) is 6.31. The topological polar surface area (TPSA) is 6.48 Å². The highest BCUT2D eigenvalue weighted by atomic mass is 35.5. The predicted octanol–water partition coefficient (Wildman–Crippen LogP) is 3.14. The third-order valence-electron chi connectivity index (χ3n) is 2.97. The third kappa shape index (κ3) is 2.62. The highest BCUT2D eigenvalue weighted by Crippen LogP contribution is 2.33. The monoisotopic (exact) mass is 258 g/mol. The maximum Gasteiger partial charge on any atom is 0.0745 e. The first kappa shape index (κ1) is 12.0. The van der Waals surface area contributed by atoms with Crippen LogP contribution in [-0.4, -0.2) is 38.1 Å². The van der Waals surface area contributed by atoms with Crippen molar-refractivity contribution in [3.05, 3.63) is 28.2 Å². The van der Waals surface area contributed by atoms with Crippen LogP contribution in [0.4, 0.5) is 5.69 Å². The summed E-state index contributed by atoms with van der Waals surface area (Å²) in [5.74, 6) is 0. The Morgan fingerprint density at radius 3 is 2.38 bits per heavy atom. The number of benzene rings is 1. The maximum atomic E-state index is 6.21. The van der Waals surface area contributed by atoms with E-state index < -0.39 is 0 Å². The molecule has 2 rings (SSSR count). The first-order chi connectivity index (χ1) is 7.68. The van der Waals surface area contributed by atoms with Gasteiger partial charge in [0.25, 0.3) is 0 Å². The third-order valence-corrected chi connectivity index (χ3v) is 3.58. The zero-order valence-corrected chi connectivity index (χ0v) is 10.9. The lowest BCUT2D eigenvalue weighted by molar-refractivity contribution is 0.360. The molecule has 1 aliphatic rings. The van der Waals surface area contributed by atoms with Crippen LogP contribution in [0.3, 0.4) is 0 Å². The van der Waals surface area contributed by atoms with Crippen LogP contribution in [0, 0.1) is 0 Å². The fourth-order valence-electron chi connectivity index (χ4n) is 2.06. The number of anilines is 1. The zero-order chi connectivity index (χ0) is 11.5. The molecular formula is C12H16Cl2N2. The standard InChI is InChI=1S/C12H16Cl2N2/c1-15-6-3-7-16(9-8-15)12-10(13)4-2-5-11(12)14/h2,4-5H,3,6-9H2,1H3. The normalized spacial score (nSPS) is 18.6. The molecule has 0 unspecified atom stereocenters. The van der Waals surface area contributed by atoms with Crippen molar-refractivity contribution in [3.63, 3.8) is 0 Å². The second kappa shape index (κ2) is 5.26. The Balaban J connectivity index is 2.23. The van der Waals surface area contributed by atoms with Gasteiger partial charge in [0.2, 0.25) is 0 Å². The molecule has 0 bridgehead atoms. The van der Waals surface area contributed by atoms with Crippen molar-refractivity contribution in [1.29, 1.82) is 0 Å². The first-order valence-electron chi connectivity index (χ1n) is 5.56. The van der Waals surface area contributed by atoms with Gasteiger partial charge in [-0.1, -0.05) is 29.3 Å². The summed E-state index contributed by atoms with van der Waals surface area (Å²) < 4.78 is 0. The fraction of sp³-hybridized carbons (Fsp3) is 0.500. The van der Waals surface area contributed by atoms with E-state index in [-0.39, 0.29) is 0 Å². The number of likely N-dealkylation sites (N-methyl/N-ethyl adjacent to an activating group) is 1. The molecule has 0 saturated carbocycles. The summed E-state index contributed by atoms with van der Waals surface area (Å²) in [6.45, 7) is 4.20. The molecule has 16 heavy (non-hydrogen) atoms. The summed E-state index contributed by atoms with van der Waals surface area (Å²) in [7, 11) is 2.15. The number of para-hydroxylation sites is 1. The van der Waals surface area contributed by atoms with Crippen LogP contribution in [0.15, 0.2) is 18.2 Å². The van der Waals surface area contributed by atoms with Crippen LogP contribution >= 0.6 is 23.2 Å². The fourth-order valence-corrected chi connectivity index (χ4v) is 2.70. The van der Waals surface area contributed by atoms with Crippen LogP contribution in [0.25, 0.3) is 0 Å². The number of rotatable bonds is 1. The van der Waals surface area contributed by atoms with Crippen molar-refractivity contribution in [3.8, 4) is 0 Å². The average molecular weight is 259 g/mol. The lowest BCUT2D eigenvalue weighted by atomic mass is 10.2. The molecule has 0 aliphatic carbocycles. The minimum atomic E-state index is 0.747. The van der Waals surface area contributed by atoms with Gasteiger partial charge in [-0.15, -0.1) is 0 Å². The van der Waals surface area contributed by atoms with E-state index in [0.29, 0.717) is 0 Å². The van der Waals surface area contributed by atoms with Crippen LogP contribution < -0.4 is 4.90 Å². The Morgan fingerprint density at radius 2 is 1.69 bits per heavy atom. The molecule has 1 aliphatic heterocycles. The van der Waals surface area contributed by atoms with Crippen molar-refractivity contribution < 1.29 is 0 Å². The zero-order valence-electron chi connectivity index (χ0n) is 9.42. The Kier molecular flexibility index (Phi) is 3.95. The summed E-state index contributed by atoms with van der Waals surface area (Å²) in [6.07, 6.45) is 1.15. The van der Waals surface area contributed by atoms with Crippen LogP contribution in [0.2, 0.25) is 10.0 Å². The van der Waals surface area contributed by atoms with Crippen molar-refractivity contribution in [2.24, 2.45) is 0 Å². The molecule has 2 nitrogen and oxygen atoms in total. The maximum absolute atomic E-state index is 6.21. The van der Waals surface area contributed by atoms with E-state index in [9.17, 15) is 0 Å². The van der Waals surface area contributed by atoms with Gasteiger partial charge >= 0.3 is 0 Å². The SMILES string of the molecule is CN1CCCN(c2c(Cl)cccc2Cl)CC1. The van der Waals surface area contributed by atoms with Gasteiger partial charge in [-0.05, 0) is 32.1 Å². The van der Waals surface area contributed by atoms with Gasteiger partial charge in [0.1, 0.15) is 0 Å². The summed E-state index contributed by atoms with van der Waals surface area (Å²) in [6, 6.07) is 5.69.